The summed E-state index contributed by atoms with van der Waals surface area (Å²) >= 11 is 0. The number of allylic oxidation sites excluding steroid dienone is 1. The first-order chi connectivity index (χ1) is 14.6. The third-order valence-electron chi connectivity index (χ3n) is 5.78. The van der Waals surface area contributed by atoms with Gasteiger partial charge in [0.15, 0.2) is 0 Å². The van der Waals surface area contributed by atoms with Gasteiger partial charge in [0.25, 0.3) is 17.4 Å². The van der Waals surface area contributed by atoms with Crippen molar-refractivity contribution < 1.29 is 37.0 Å². The molecule has 1 aromatic rings. The molecule has 1 aliphatic heterocycles. The van der Waals surface area contributed by atoms with Crippen molar-refractivity contribution in [1.82, 2.24) is 10.2 Å². The third-order valence-corrected chi connectivity index (χ3v) is 5.78. The van der Waals surface area contributed by atoms with E-state index < -0.39 is 41.1 Å². The summed E-state index contributed by atoms with van der Waals surface area (Å²) in [6.07, 6.45) is -2.77. The molecule has 1 N–H and O–H groups in total. The Balaban J connectivity index is 2.14. The molecule has 1 aromatic carbocycles. The lowest BCUT2D eigenvalue weighted by Crippen LogP contribution is -2.66. The molecular weight excluding hydrogens is 417 g/mol. The van der Waals surface area contributed by atoms with E-state index in [9.17, 15) is 27.6 Å². The molecule has 1 atom stereocenters. The van der Waals surface area contributed by atoms with Gasteiger partial charge < -0.3 is 19.7 Å². The van der Waals surface area contributed by atoms with Gasteiger partial charge in [-0.25, -0.2) is 4.79 Å². The summed E-state index contributed by atoms with van der Waals surface area (Å²) in [6.45, 7) is 1.27. The number of ether oxygens (including phenoxy) is 2. The van der Waals surface area contributed by atoms with Crippen molar-refractivity contribution >= 4 is 17.8 Å². The highest BCUT2D eigenvalue weighted by Gasteiger charge is 2.71. The molecule has 2 amide bonds. The van der Waals surface area contributed by atoms with Gasteiger partial charge in [-0.3, -0.25) is 9.59 Å². The Labute approximate surface area is 177 Å². The van der Waals surface area contributed by atoms with Crippen molar-refractivity contribution in [3.8, 4) is 5.75 Å². The molecule has 31 heavy (non-hydrogen) atoms. The Bertz CT molecular complexity index is 937. The second-order valence-corrected chi connectivity index (χ2v) is 7.50. The fraction of sp³-hybridized carbons (Fsp3) is 0.476. The molecule has 1 aliphatic carbocycles. The van der Waals surface area contributed by atoms with Gasteiger partial charge in [0.05, 0.1) is 14.2 Å². The molecule has 1 fully saturated rings. The summed E-state index contributed by atoms with van der Waals surface area (Å²) in [5.74, 6) is -3.65. The number of benzene rings is 1. The Hall–Kier alpha value is -3.04. The second kappa shape index (κ2) is 8.24. The molecule has 0 saturated heterocycles. The maximum atomic E-state index is 14.5. The zero-order chi connectivity index (χ0) is 23.0. The van der Waals surface area contributed by atoms with E-state index in [1.807, 2.05) is 5.32 Å². The lowest BCUT2D eigenvalue weighted by Gasteiger charge is -2.34. The highest BCUT2D eigenvalue weighted by atomic mass is 19.4. The summed E-state index contributed by atoms with van der Waals surface area (Å²) < 4.78 is 53.2. The van der Waals surface area contributed by atoms with Gasteiger partial charge >= 0.3 is 12.1 Å². The van der Waals surface area contributed by atoms with Crippen LogP contribution in [0.2, 0.25) is 0 Å². The van der Waals surface area contributed by atoms with Crippen LogP contribution in [0.3, 0.4) is 0 Å². The van der Waals surface area contributed by atoms with Crippen LogP contribution in [0.1, 0.15) is 43.0 Å². The van der Waals surface area contributed by atoms with E-state index in [0.29, 0.717) is 12.8 Å². The lowest BCUT2D eigenvalue weighted by atomic mass is 9.88. The average Bonchev–Trinajstić information content (AvgIpc) is 3.32. The first kappa shape index (κ1) is 22.6. The maximum Gasteiger partial charge on any atom is 0.425 e. The van der Waals surface area contributed by atoms with Gasteiger partial charge in [0, 0.05) is 17.3 Å². The zero-order valence-corrected chi connectivity index (χ0v) is 17.3. The predicted octanol–water partition coefficient (Wildman–Crippen LogP) is 2.96. The van der Waals surface area contributed by atoms with Gasteiger partial charge in [0.1, 0.15) is 11.3 Å². The summed E-state index contributed by atoms with van der Waals surface area (Å²) in [7, 11) is 2.27. The van der Waals surface area contributed by atoms with Crippen molar-refractivity contribution in [2.75, 3.05) is 14.2 Å². The maximum absolute atomic E-state index is 14.5. The van der Waals surface area contributed by atoms with Gasteiger partial charge in [0.2, 0.25) is 0 Å². The number of rotatable bonds is 5. The van der Waals surface area contributed by atoms with Gasteiger partial charge in [-0.2, -0.15) is 13.2 Å². The molecule has 1 unspecified atom stereocenters. The number of halogens is 3. The molecule has 2 aliphatic rings. The quantitative estimate of drug-likeness (QED) is 0.712. The Kier molecular flexibility index (Phi) is 6.02. The van der Waals surface area contributed by atoms with Crippen molar-refractivity contribution in [3.05, 3.63) is 41.1 Å². The number of nitrogens with one attached hydrogen (secondary N) is 1. The number of nitrogens with zero attached hydrogens (tertiary/aromatic N) is 1. The largest absolute Gasteiger partial charge is 0.497 e. The van der Waals surface area contributed by atoms with Crippen LogP contribution < -0.4 is 10.1 Å². The molecule has 1 saturated carbocycles. The minimum atomic E-state index is -5.29. The number of amides is 2. The van der Waals surface area contributed by atoms with Crippen LogP contribution in [0.25, 0.3) is 0 Å². The van der Waals surface area contributed by atoms with Gasteiger partial charge in [-0.05, 0) is 38.0 Å². The molecule has 168 valence electrons. The van der Waals surface area contributed by atoms with Crippen LogP contribution >= 0.6 is 0 Å². The van der Waals surface area contributed by atoms with Gasteiger partial charge in [-0.15, -0.1) is 0 Å². The molecule has 3 rings (SSSR count). The molecule has 1 heterocycles. The minimum absolute atomic E-state index is 0.156. The van der Waals surface area contributed by atoms with Crippen molar-refractivity contribution in [2.45, 2.75) is 50.4 Å². The first-order valence-electron chi connectivity index (χ1n) is 9.75. The normalized spacial score (nSPS) is 22.1. The molecule has 7 nitrogen and oxygen atoms in total. The molecular formula is C21H23F3N2O5. The Morgan fingerprint density at radius 2 is 1.84 bits per heavy atom. The fourth-order valence-electron chi connectivity index (χ4n) is 4.29. The summed E-state index contributed by atoms with van der Waals surface area (Å²) in [5, 5.41) is 1.83. The van der Waals surface area contributed by atoms with Crippen LogP contribution in [0.4, 0.5) is 13.2 Å². The van der Waals surface area contributed by atoms with E-state index in [0.717, 1.165) is 24.9 Å². The van der Waals surface area contributed by atoms with E-state index in [1.54, 1.807) is 0 Å². The number of alkyl halides is 3. The van der Waals surface area contributed by atoms with E-state index in [2.05, 4.69) is 4.74 Å². The number of methoxy groups -OCH3 is 2. The smallest absolute Gasteiger partial charge is 0.425 e. The molecule has 10 heteroatoms. The topological polar surface area (TPSA) is 84.9 Å². The van der Waals surface area contributed by atoms with Crippen molar-refractivity contribution in [1.29, 1.82) is 0 Å². The fourth-order valence-corrected chi connectivity index (χ4v) is 4.29. The molecule has 0 aromatic heterocycles. The summed E-state index contributed by atoms with van der Waals surface area (Å²) in [5.41, 5.74) is -4.79. The first-order valence-corrected chi connectivity index (χ1v) is 9.75. The van der Waals surface area contributed by atoms with Crippen LogP contribution in [0.15, 0.2) is 35.5 Å². The van der Waals surface area contributed by atoms with Gasteiger partial charge in [-0.1, -0.05) is 18.9 Å². The standard InChI is InChI=1S/C21H23F3N2O5/c1-12-16(18(28)31-3)20(21(22,23)24,19(29)26(12)14-8-4-5-9-14)25-17(27)13-7-6-10-15(11-13)30-2/h6-7,10-11,14H,4-5,8-9H2,1-3H3,(H,25,27). The zero-order valence-electron chi connectivity index (χ0n) is 17.3. The van der Waals surface area contributed by atoms with Crippen molar-refractivity contribution in [2.24, 2.45) is 0 Å². The second-order valence-electron chi connectivity index (χ2n) is 7.50. The van der Waals surface area contributed by atoms with Crippen LogP contribution in [0.5, 0.6) is 5.75 Å². The number of carbonyl (C=O) groups is 3. The molecule has 0 bridgehead atoms. The lowest BCUT2D eigenvalue weighted by molar-refractivity contribution is -0.192. The number of hydrogen-bond donors (Lipinski definition) is 1. The van der Waals surface area contributed by atoms with Crippen LogP contribution in [-0.4, -0.2) is 54.7 Å². The van der Waals surface area contributed by atoms with E-state index in [1.165, 1.54) is 38.3 Å². The molecule has 0 radical (unpaired) electrons. The van der Waals surface area contributed by atoms with E-state index in [-0.39, 0.29) is 17.0 Å². The number of carbonyl (C=O) groups excluding carboxylic acids is 3. The van der Waals surface area contributed by atoms with Crippen molar-refractivity contribution in [3.63, 3.8) is 0 Å². The minimum Gasteiger partial charge on any atom is -0.497 e. The van der Waals surface area contributed by atoms with E-state index >= 15 is 0 Å². The molecule has 0 spiro atoms. The average molecular weight is 440 g/mol. The number of hydrogen-bond acceptors (Lipinski definition) is 5. The highest BCUT2D eigenvalue weighted by Crippen LogP contribution is 2.47. The third kappa shape index (κ3) is 3.64. The monoisotopic (exact) mass is 440 g/mol. The summed E-state index contributed by atoms with van der Waals surface area (Å²) in [6, 6.07) is 4.98. The highest BCUT2D eigenvalue weighted by molar-refractivity contribution is 6.11. The SMILES string of the molecule is COC(=O)C1=C(C)N(C2CCCC2)C(=O)C1(NC(=O)c1cccc(OC)c1)C(F)(F)F. The Morgan fingerprint density at radius 1 is 1.19 bits per heavy atom. The summed E-state index contributed by atoms with van der Waals surface area (Å²) in [4.78, 5) is 39.6. The van der Waals surface area contributed by atoms with Crippen LogP contribution in [-0.2, 0) is 14.3 Å². The van der Waals surface area contributed by atoms with E-state index in [4.69, 9.17) is 4.74 Å². The predicted molar refractivity (Wildman–Crippen MR) is 103 cm³/mol. The number of esters is 1. The Morgan fingerprint density at radius 3 is 2.39 bits per heavy atom. The van der Waals surface area contributed by atoms with Crippen LogP contribution in [0, 0.1) is 0 Å².